The van der Waals surface area contributed by atoms with E-state index in [-0.39, 0.29) is 5.91 Å². The number of amides is 1. The van der Waals surface area contributed by atoms with Crippen LogP contribution in [0.5, 0.6) is 5.75 Å². The molecule has 2 heterocycles. The van der Waals surface area contributed by atoms with Gasteiger partial charge in [-0.15, -0.1) is 12.6 Å². The van der Waals surface area contributed by atoms with Crippen LogP contribution in [0.2, 0.25) is 0 Å². The number of allylic oxidation sites excluding steroid dienone is 2. The highest BCUT2D eigenvalue weighted by Gasteiger charge is 2.33. The second kappa shape index (κ2) is 12.3. The van der Waals surface area contributed by atoms with Gasteiger partial charge in [-0.25, -0.2) is 0 Å². The van der Waals surface area contributed by atoms with Gasteiger partial charge in [0.25, 0.3) is 5.91 Å². The number of para-hydroxylation sites is 2. The lowest BCUT2D eigenvalue weighted by Crippen LogP contribution is -2.32. The van der Waals surface area contributed by atoms with Gasteiger partial charge in [-0.3, -0.25) is 4.79 Å². The zero-order chi connectivity index (χ0) is 24.5. The quantitative estimate of drug-likeness (QED) is 0.578. The summed E-state index contributed by atoms with van der Waals surface area (Å²) in [6, 6.07) is 18.9. The maximum atomic E-state index is 13.2. The van der Waals surface area contributed by atoms with Crippen molar-refractivity contribution >= 4 is 24.2 Å². The molecule has 1 atom stereocenters. The fourth-order valence-corrected chi connectivity index (χ4v) is 4.15. The Labute approximate surface area is 206 Å². The summed E-state index contributed by atoms with van der Waals surface area (Å²) in [6.07, 6.45) is 0. The second-order valence-corrected chi connectivity index (χ2v) is 8.40. The highest BCUT2D eigenvalue weighted by molar-refractivity contribution is 7.84. The minimum absolute atomic E-state index is 0.299. The van der Waals surface area contributed by atoms with Crippen LogP contribution < -0.4 is 15.4 Å². The predicted octanol–water partition coefficient (Wildman–Crippen LogP) is 3.91. The number of hydrogen-bond donors (Lipinski definition) is 3. The van der Waals surface area contributed by atoms with E-state index in [1.54, 1.807) is 26.2 Å². The van der Waals surface area contributed by atoms with Gasteiger partial charge >= 0.3 is 0 Å². The van der Waals surface area contributed by atoms with Gasteiger partial charge in [-0.05, 0) is 31.7 Å². The number of benzene rings is 2. The van der Waals surface area contributed by atoms with Crippen LogP contribution in [0.4, 0.5) is 5.69 Å². The van der Waals surface area contributed by atoms with Gasteiger partial charge in [0.05, 0.1) is 48.6 Å². The number of nitrogens with one attached hydrogen (secondary N) is 2. The van der Waals surface area contributed by atoms with Gasteiger partial charge in [-0.1, -0.05) is 42.5 Å². The normalized spacial score (nSPS) is 18.3. The molecular weight excluding hydrogens is 448 g/mol. The third-order valence-corrected chi connectivity index (χ3v) is 5.98. The number of nitrogens with zero attached hydrogens (tertiary/aromatic N) is 2. The summed E-state index contributed by atoms with van der Waals surface area (Å²) in [5.74, 6) is -0.235. The molecule has 2 aromatic rings. The number of rotatable bonds is 4. The minimum Gasteiger partial charge on any atom is -0.495 e. The van der Waals surface area contributed by atoms with Crippen molar-refractivity contribution < 1.29 is 14.3 Å². The van der Waals surface area contributed by atoms with Gasteiger partial charge in [0, 0.05) is 24.4 Å². The van der Waals surface area contributed by atoms with E-state index in [1.165, 1.54) is 0 Å². The van der Waals surface area contributed by atoms with Crippen molar-refractivity contribution in [3.05, 3.63) is 82.0 Å². The fourth-order valence-electron chi connectivity index (χ4n) is 3.80. The van der Waals surface area contributed by atoms with Gasteiger partial charge in [0.2, 0.25) is 0 Å². The zero-order valence-electron chi connectivity index (χ0n) is 19.7. The Hall–Kier alpha value is -3.25. The van der Waals surface area contributed by atoms with E-state index in [0.717, 1.165) is 31.9 Å². The minimum atomic E-state index is -0.500. The molecule has 4 rings (SSSR count). The molecule has 0 bridgehead atoms. The number of morpholine rings is 1. The molecule has 2 aliphatic rings. The maximum Gasteiger partial charge on any atom is 0.254 e. The molecule has 0 aromatic heterocycles. The third-order valence-electron chi connectivity index (χ3n) is 5.63. The standard InChI is InChI=1S/C21H19N3O2S.C5H11NO/c1-13-18(20(25)24-16-10-6-7-11-17(16)26-2)19(14-8-4-3-5-9-14)15(12-22)21(27)23-13;1-6-2-4-7-5-3-6/h3-11,19,23,27H,1-2H3,(H,24,25);2-5H2,1H3. The van der Waals surface area contributed by atoms with Crippen molar-refractivity contribution in [2.75, 3.05) is 45.8 Å². The molecule has 0 saturated carbocycles. The van der Waals surface area contributed by atoms with Crippen molar-refractivity contribution in [3.8, 4) is 11.8 Å². The average molecular weight is 479 g/mol. The summed E-state index contributed by atoms with van der Waals surface area (Å²) in [5.41, 5.74) is 2.95. The monoisotopic (exact) mass is 478 g/mol. The van der Waals surface area contributed by atoms with E-state index in [4.69, 9.17) is 9.47 Å². The van der Waals surface area contributed by atoms with Crippen LogP contribution in [-0.2, 0) is 9.53 Å². The molecule has 7 nitrogen and oxygen atoms in total. The molecule has 34 heavy (non-hydrogen) atoms. The van der Waals surface area contributed by atoms with E-state index >= 15 is 0 Å². The zero-order valence-corrected chi connectivity index (χ0v) is 20.6. The highest BCUT2D eigenvalue weighted by Crippen LogP contribution is 2.39. The number of anilines is 1. The van der Waals surface area contributed by atoms with Crippen LogP contribution >= 0.6 is 12.6 Å². The summed E-state index contributed by atoms with van der Waals surface area (Å²) in [7, 11) is 3.66. The Bertz CT molecular complexity index is 1100. The number of ether oxygens (including phenoxy) is 2. The Morgan fingerprint density at radius 2 is 1.82 bits per heavy atom. The average Bonchev–Trinajstić information content (AvgIpc) is 2.85. The summed E-state index contributed by atoms with van der Waals surface area (Å²) in [6.45, 7) is 5.82. The molecule has 1 saturated heterocycles. The Morgan fingerprint density at radius 1 is 1.18 bits per heavy atom. The number of methoxy groups -OCH3 is 1. The van der Waals surface area contributed by atoms with E-state index in [2.05, 4.69) is 41.3 Å². The molecule has 8 heteroatoms. The second-order valence-electron chi connectivity index (χ2n) is 7.95. The molecule has 178 valence electrons. The number of likely N-dealkylation sites (N-methyl/N-ethyl adjacent to an activating group) is 1. The summed E-state index contributed by atoms with van der Waals surface area (Å²) in [4.78, 5) is 15.4. The Morgan fingerprint density at radius 3 is 2.41 bits per heavy atom. The van der Waals surface area contributed by atoms with Crippen LogP contribution in [0, 0.1) is 11.3 Å². The molecule has 2 aromatic carbocycles. The predicted molar refractivity (Wildman–Crippen MR) is 137 cm³/mol. The van der Waals surface area contributed by atoms with E-state index in [1.807, 2.05) is 42.5 Å². The summed E-state index contributed by atoms with van der Waals surface area (Å²) >= 11 is 4.41. The van der Waals surface area contributed by atoms with Crippen LogP contribution in [0.15, 0.2) is 76.5 Å². The van der Waals surface area contributed by atoms with Crippen molar-refractivity contribution in [1.29, 1.82) is 5.26 Å². The smallest absolute Gasteiger partial charge is 0.254 e. The molecule has 0 spiro atoms. The lowest BCUT2D eigenvalue weighted by atomic mass is 9.82. The number of dihydropyridines is 1. The fraction of sp³-hybridized carbons (Fsp3) is 0.308. The number of carbonyl (C=O) groups excluding carboxylic acids is 1. The number of hydrogen-bond acceptors (Lipinski definition) is 7. The van der Waals surface area contributed by atoms with E-state index in [0.29, 0.717) is 33.3 Å². The van der Waals surface area contributed by atoms with Gasteiger partial charge in [0.15, 0.2) is 0 Å². The molecule has 2 N–H and O–H groups in total. The maximum absolute atomic E-state index is 13.2. The summed E-state index contributed by atoms with van der Waals surface area (Å²) < 4.78 is 10.4. The van der Waals surface area contributed by atoms with Gasteiger partial charge in [-0.2, -0.15) is 5.26 Å². The highest BCUT2D eigenvalue weighted by atomic mass is 32.1. The topological polar surface area (TPSA) is 86.6 Å². The van der Waals surface area contributed by atoms with E-state index in [9.17, 15) is 10.1 Å². The van der Waals surface area contributed by atoms with Crippen molar-refractivity contribution in [3.63, 3.8) is 0 Å². The molecule has 2 aliphatic heterocycles. The molecular formula is C26H30N4O3S. The van der Waals surface area contributed by atoms with Crippen LogP contribution in [0.25, 0.3) is 0 Å². The Balaban J connectivity index is 0.000000396. The lowest BCUT2D eigenvalue weighted by Gasteiger charge is -2.28. The lowest BCUT2D eigenvalue weighted by molar-refractivity contribution is -0.113. The molecule has 1 fully saturated rings. The Kier molecular flexibility index (Phi) is 9.16. The van der Waals surface area contributed by atoms with Crippen LogP contribution in [0.1, 0.15) is 18.4 Å². The molecule has 1 amide bonds. The van der Waals surface area contributed by atoms with Gasteiger partial charge in [0.1, 0.15) is 5.75 Å². The van der Waals surface area contributed by atoms with Crippen LogP contribution in [0.3, 0.4) is 0 Å². The largest absolute Gasteiger partial charge is 0.495 e. The van der Waals surface area contributed by atoms with Gasteiger partial charge < -0.3 is 25.0 Å². The van der Waals surface area contributed by atoms with Crippen molar-refractivity contribution in [2.45, 2.75) is 12.8 Å². The first-order valence-corrected chi connectivity index (χ1v) is 11.5. The van der Waals surface area contributed by atoms with E-state index < -0.39 is 5.92 Å². The molecule has 0 radical (unpaired) electrons. The number of carbonyl (C=O) groups is 1. The van der Waals surface area contributed by atoms with Crippen molar-refractivity contribution in [2.24, 2.45) is 0 Å². The summed E-state index contributed by atoms with van der Waals surface area (Å²) in [5, 5.41) is 16.1. The van der Waals surface area contributed by atoms with Crippen molar-refractivity contribution in [1.82, 2.24) is 10.2 Å². The molecule has 0 aliphatic carbocycles. The number of thiol groups is 1. The molecule has 1 unspecified atom stereocenters. The number of nitriles is 1. The van der Waals surface area contributed by atoms with Crippen LogP contribution in [-0.4, -0.2) is 51.3 Å². The SMILES string of the molecule is CN1CCOCC1.COc1ccccc1NC(=O)C1=C(C)NC(S)=C(C#N)C1c1ccccc1. The third kappa shape index (κ3) is 6.20. The first-order valence-electron chi connectivity index (χ1n) is 11.0. The first kappa shape index (κ1) is 25.4. The first-order chi connectivity index (χ1) is 16.5.